The summed E-state index contributed by atoms with van der Waals surface area (Å²) in [4.78, 5) is 8.96. The molecule has 31 heavy (non-hydrogen) atoms. The quantitative estimate of drug-likeness (QED) is 0.517. The molecule has 2 aromatic rings. The third-order valence-electron chi connectivity index (χ3n) is 6.25. The van der Waals surface area contributed by atoms with Crippen molar-refractivity contribution < 1.29 is 0 Å². The minimum absolute atomic E-state index is 0.495. The second-order valence-corrected chi connectivity index (χ2v) is 8.93. The molecular formula is C26H38N4S. The lowest BCUT2D eigenvalue weighted by Gasteiger charge is -2.30. The topological polar surface area (TPSA) is 31.4 Å². The van der Waals surface area contributed by atoms with Crippen molar-refractivity contribution in [3.8, 4) is 0 Å². The molecule has 4 nitrogen and oxygen atoms in total. The SMILES string of the molecule is CCN(CC)c1ccc(CN(Cc2cccnc2)C(=S)NC2CCCCCCC2)cc1. The van der Waals surface area contributed by atoms with Crippen LogP contribution in [0.1, 0.15) is 69.9 Å². The van der Waals surface area contributed by atoms with Gasteiger partial charge in [0.1, 0.15) is 0 Å². The summed E-state index contributed by atoms with van der Waals surface area (Å²) in [6, 6.07) is 13.6. The highest BCUT2D eigenvalue weighted by Gasteiger charge is 2.17. The molecule has 0 spiro atoms. The summed E-state index contributed by atoms with van der Waals surface area (Å²) in [6.07, 6.45) is 12.9. The van der Waals surface area contributed by atoms with E-state index >= 15 is 0 Å². The van der Waals surface area contributed by atoms with Gasteiger partial charge in [0.25, 0.3) is 0 Å². The fraction of sp³-hybridized carbons (Fsp3) is 0.538. The third-order valence-corrected chi connectivity index (χ3v) is 6.63. The number of rotatable bonds is 8. The molecule has 1 N–H and O–H groups in total. The van der Waals surface area contributed by atoms with E-state index in [0.29, 0.717) is 6.04 Å². The van der Waals surface area contributed by atoms with Crippen molar-refractivity contribution in [1.29, 1.82) is 0 Å². The number of benzene rings is 1. The van der Waals surface area contributed by atoms with Gasteiger partial charge in [-0.25, -0.2) is 0 Å². The molecule has 1 fully saturated rings. The van der Waals surface area contributed by atoms with Gasteiger partial charge < -0.3 is 15.1 Å². The zero-order valence-electron chi connectivity index (χ0n) is 19.2. The molecule has 1 aliphatic carbocycles. The number of hydrogen-bond donors (Lipinski definition) is 1. The highest BCUT2D eigenvalue weighted by atomic mass is 32.1. The van der Waals surface area contributed by atoms with Gasteiger partial charge in [0.2, 0.25) is 0 Å². The van der Waals surface area contributed by atoms with Crippen molar-refractivity contribution in [1.82, 2.24) is 15.2 Å². The summed E-state index contributed by atoms with van der Waals surface area (Å²) < 4.78 is 0. The molecule has 0 aliphatic heterocycles. The standard InChI is InChI=1S/C26H38N4S/c1-3-29(4-2)25-16-14-22(15-17-25)20-30(21-23-11-10-18-27-19-23)26(31)28-24-12-8-6-5-7-9-13-24/h10-11,14-19,24H,3-9,12-13,20-21H2,1-2H3,(H,28,31). The molecule has 0 unspecified atom stereocenters. The molecule has 168 valence electrons. The maximum Gasteiger partial charge on any atom is 0.169 e. The lowest BCUT2D eigenvalue weighted by Crippen LogP contribution is -2.44. The first kappa shape index (κ1) is 23.5. The van der Waals surface area contributed by atoms with E-state index in [1.54, 1.807) is 0 Å². The molecule has 0 atom stereocenters. The zero-order chi connectivity index (χ0) is 21.9. The van der Waals surface area contributed by atoms with E-state index in [0.717, 1.165) is 31.3 Å². The van der Waals surface area contributed by atoms with Crippen molar-refractivity contribution in [2.45, 2.75) is 77.9 Å². The second kappa shape index (κ2) is 12.7. The minimum Gasteiger partial charge on any atom is -0.372 e. The summed E-state index contributed by atoms with van der Waals surface area (Å²) >= 11 is 5.92. The maximum absolute atomic E-state index is 5.92. The van der Waals surface area contributed by atoms with Crippen LogP contribution in [0.5, 0.6) is 0 Å². The van der Waals surface area contributed by atoms with Crippen LogP contribution in [0.15, 0.2) is 48.8 Å². The molecule has 1 saturated carbocycles. The molecule has 0 radical (unpaired) electrons. The van der Waals surface area contributed by atoms with Crippen LogP contribution in [0.4, 0.5) is 5.69 Å². The fourth-order valence-electron chi connectivity index (χ4n) is 4.40. The van der Waals surface area contributed by atoms with E-state index in [4.69, 9.17) is 12.2 Å². The smallest absolute Gasteiger partial charge is 0.169 e. The van der Waals surface area contributed by atoms with Gasteiger partial charge in [0.15, 0.2) is 5.11 Å². The largest absolute Gasteiger partial charge is 0.372 e. The van der Waals surface area contributed by atoms with Crippen molar-refractivity contribution >= 4 is 23.0 Å². The van der Waals surface area contributed by atoms with Gasteiger partial charge in [0, 0.05) is 50.3 Å². The normalized spacial score (nSPS) is 15.0. The summed E-state index contributed by atoms with van der Waals surface area (Å²) in [5, 5.41) is 4.57. The molecule has 0 bridgehead atoms. The van der Waals surface area contributed by atoms with Gasteiger partial charge in [0.05, 0.1) is 0 Å². The van der Waals surface area contributed by atoms with Gasteiger partial charge in [-0.2, -0.15) is 0 Å². The van der Waals surface area contributed by atoms with Crippen LogP contribution in [0.2, 0.25) is 0 Å². The predicted octanol–water partition coefficient (Wildman–Crippen LogP) is 5.92. The van der Waals surface area contributed by atoms with Gasteiger partial charge >= 0.3 is 0 Å². The number of hydrogen-bond acceptors (Lipinski definition) is 3. The number of nitrogens with one attached hydrogen (secondary N) is 1. The number of thiocarbonyl (C=S) groups is 1. The number of nitrogens with zero attached hydrogens (tertiary/aromatic N) is 3. The number of pyridine rings is 1. The highest BCUT2D eigenvalue weighted by molar-refractivity contribution is 7.80. The Morgan fingerprint density at radius 2 is 1.58 bits per heavy atom. The van der Waals surface area contributed by atoms with Gasteiger partial charge in [-0.3, -0.25) is 4.98 Å². The van der Waals surface area contributed by atoms with Gasteiger partial charge in [-0.1, -0.05) is 50.3 Å². The highest BCUT2D eigenvalue weighted by Crippen LogP contribution is 2.19. The Kier molecular flexibility index (Phi) is 9.60. The Morgan fingerprint density at radius 3 is 2.19 bits per heavy atom. The number of anilines is 1. The van der Waals surface area contributed by atoms with E-state index in [2.05, 4.69) is 64.3 Å². The van der Waals surface area contributed by atoms with Crippen molar-refractivity contribution in [2.75, 3.05) is 18.0 Å². The van der Waals surface area contributed by atoms with Crippen molar-refractivity contribution in [3.05, 3.63) is 59.9 Å². The first-order valence-electron chi connectivity index (χ1n) is 12.0. The summed E-state index contributed by atoms with van der Waals surface area (Å²) in [6.45, 7) is 8.02. The molecule has 1 heterocycles. The lowest BCUT2D eigenvalue weighted by molar-refractivity contribution is 0.370. The van der Waals surface area contributed by atoms with Crippen LogP contribution in [0, 0.1) is 0 Å². The average Bonchev–Trinajstić information content (AvgIpc) is 2.77. The summed E-state index contributed by atoms with van der Waals surface area (Å²) in [5.41, 5.74) is 3.74. The molecular weight excluding hydrogens is 400 g/mol. The molecule has 5 heteroatoms. The molecule has 0 saturated heterocycles. The van der Waals surface area contributed by atoms with E-state index in [-0.39, 0.29) is 0 Å². The Morgan fingerprint density at radius 1 is 0.935 bits per heavy atom. The average molecular weight is 439 g/mol. The predicted molar refractivity (Wildman–Crippen MR) is 135 cm³/mol. The van der Waals surface area contributed by atoms with Gasteiger partial charge in [-0.15, -0.1) is 0 Å². The van der Waals surface area contributed by atoms with Gasteiger partial charge in [-0.05, 0) is 68.2 Å². The molecule has 1 aromatic carbocycles. The van der Waals surface area contributed by atoms with E-state index in [1.807, 2.05) is 18.5 Å². The third kappa shape index (κ3) is 7.49. The second-order valence-electron chi connectivity index (χ2n) is 8.55. The maximum atomic E-state index is 5.92. The van der Waals surface area contributed by atoms with E-state index < -0.39 is 0 Å². The van der Waals surface area contributed by atoms with E-state index in [1.165, 1.54) is 61.8 Å². The Balaban J connectivity index is 1.70. The Labute approximate surface area is 194 Å². The Bertz CT molecular complexity index is 766. The molecule has 3 rings (SSSR count). The first-order valence-corrected chi connectivity index (χ1v) is 12.4. The monoisotopic (exact) mass is 438 g/mol. The summed E-state index contributed by atoms with van der Waals surface area (Å²) in [5.74, 6) is 0. The van der Waals surface area contributed by atoms with Crippen LogP contribution >= 0.6 is 12.2 Å². The summed E-state index contributed by atoms with van der Waals surface area (Å²) in [7, 11) is 0. The van der Waals surface area contributed by atoms with Crippen LogP contribution in [0.25, 0.3) is 0 Å². The van der Waals surface area contributed by atoms with Crippen LogP contribution in [-0.2, 0) is 13.1 Å². The van der Waals surface area contributed by atoms with Crippen molar-refractivity contribution in [2.24, 2.45) is 0 Å². The van der Waals surface area contributed by atoms with Crippen LogP contribution in [0.3, 0.4) is 0 Å². The fourth-order valence-corrected chi connectivity index (χ4v) is 4.70. The minimum atomic E-state index is 0.495. The van der Waals surface area contributed by atoms with Crippen LogP contribution < -0.4 is 10.2 Å². The molecule has 1 aromatic heterocycles. The zero-order valence-corrected chi connectivity index (χ0v) is 20.0. The molecule has 0 amide bonds. The molecule has 1 aliphatic rings. The van der Waals surface area contributed by atoms with E-state index in [9.17, 15) is 0 Å². The number of aromatic nitrogens is 1. The lowest BCUT2D eigenvalue weighted by atomic mass is 9.97. The van der Waals surface area contributed by atoms with Crippen LogP contribution in [-0.4, -0.2) is 34.1 Å². The Hall–Kier alpha value is -2.14. The van der Waals surface area contributed by atoms with Crippen molar-refractivity contribution in [3.63, 3.8) is 0 Å². The first-order chi connectivity index (χ1) is 15.2.